The van der Waals surface area contributed by atoms with E-state index in [2.05, 4.69) is 4.74 Å². The maximum absolute atomic E-state index is 13.0. The van der Waals surface area contributed by atoms with Gasteiger partial charge in [-0.05, 0) is 48.0 Å². The van der Waals surface area contributed by atoms with Gasteiger partial charge in [0.05, 0.1) is 0 Å². The molecule has 0 radical (unpaired) electrons. The highest BCUT2D eigenvalue weighted by atomic mass is 19.3. The second-order valence-corrected chi connectivity index (χ2v) is 4.82. The summed E-state index contributed by atoms with van der Waals surface area (Å²) in [6.45, 7) is -3.46. The maximum atomic E-state index is 13.0. The van der Waals surface area contributed by atoms with E-state index in [4.69, 9.17) is 4.74 Å². The SMILES string of the molecule is O=C(/C=C/c1cccc(F)c1)OCC(=O)c1ccc(OC(F)F)cc1. The van der Waals surface area contributed by atoms with Gasteiger partial charge >= 0.3 is 12.6 Å². The van der Waals surface area contributed by atoms with Gasteiger partial charge in [-0.25, -0.2) is 9.18 Å². The Morgan fingerprint density at radius 2 is 1.80 bits per heavy atom. The summed E-state index contributed by atoms with van der Waals surface area (Å²) in [5.74, 6) is -1.79. The molecule has 2 aromatic carbocycles. The van der Waals surface area contributed by atoms with Gasteiger partial charge in [0.2, 0.25) is 0 Å². The van der Waals surface area contributed by atoms with E-state index < -0.39 is 30.8 Å². The Kier molecular flexibility index (Phi) is 6.33. The van der Waals surface area contributed by atoms with Crippen LogP contribution in [0, 0.1) is 5.82 Å². The van der Waals surface area contributed by atoms with Gasteiger partial charge in [-0.3, -0.25) is 4.79 Å². The molecule has 0 saturated heterocycles. The molecule has 0 amide bonds. The molecule has 4 nitrogen and oxygen atoms in total. The largest absolute Gasteiger partial charge is 0.454 e. The van der Waals surface area contributed by atoms with Crippen LogP contribution in [0.5, 0.6) is 5.75 Å². The van der Waals surface area contributed by atoms with Crippen molar-refractivity contribution in [2.24, 2.45) is 0 Å². The summed E-state index contributed by atoms with van der Waals surface area (Å²) in [6, 6.07) is 10.6. The van der Waals surface area contributed by atoms with Gasteiger partial charge < -0.3 is 9.47 Å². The van der Waals surface area contributed by atoms with E-state index >= 15 is 0 Å². The van der Waals surface area contributed by atoms with E-state index in [1.165, 1.54) is 48.5 Å². The average molecular weight is 350 g/mol. The standard InChI is InChI=1S/C18H13F3O4/c19-14-3-1-2-12(10-14)4-9-17(23)24-11-16(22)13-5-7-15(8-6-13)25-18(20)21/h1-10,18H,11H2/b9-4+. The van der Waals surface area contributed by atoms with E-state index in [0.29, 0.717) is 5.56 Å². The first-order valence-corrected chi connectivity index (χ1v) is 7.12. The smallest absolute Gasteiger partial charge is 0.387 e. The molecular formula is C18H13F3O4. The molecular weight excluding hydrogens is 337 g/mol. The molecule has 0 aliphatic heterocycles. The summed E-state index contributed by atoms with van der Waals surface area (Å²) in [7, 11) is 0. The van der Waals surface area contributed by atoms with Crippen LogP contribution in [0.25, 0.3) is 6.08 Å². The topological polar surface area (TPSA) is 52.6 Å². The fraction of sp³-hybridized carbons (Fsp3) is 0.111. The van der Waals surface area contributed by atoms with Crippen molar-refractivity contribution in [2.45, 2.75) is 6.61 Å². The van der Waals surface area contributed by atoms with Gasteiger partial charge in [-0.2, -0.15) is 8.78 Å². The maximum Gasteiger partial charge on any atom is 0.387 e. The van der Waals surface area contributed by atoms with Gasteiger partial charge in [0.15, 0.2) is 12.4 Å². The lowest BCUT2D eigenvalue weighted by Gasteiger charge is -2.05. The summed E-state index contributed by atoms with van der Waals surface area (Å²) >= 11 is 0. The number of carbonyl (C=O) groups excluding carboxylic acids is 2. The summed E-state index contributed by atoms with van der Waals surface area (Å²) in [6.07, 6.45) is 2.42. The first kappa shape index (κ1) is 18.3. The Bertz CT molecular complexity index is 770. The predicted octanol–water partition coefficient (Wildman–Crippen LogP) is 3.87. The number of carbonyl (C=O) groups is 2. The Morgan fingerprint density at radius 1 is 1.08 bits per heavy atom. The molecule has 0 aliphatic carbocycles. The molecule has 0 aliphatic rings. The van der Waals surface area contributed by atoms with Crippen LogP contribution in [0.3, 0.4) is 0 Å². The van der Waals surface area contributed by atoms with Gasteiger partial charge in [0.1, 0.15) is 11.6 Å². The number of ether oxygens (including phenoxy) is 2. The predicted molar refractivity (Wildman–Crippen MR) is 83.8 cm³/mol. The first-order valence-electron chi connectivity index (χ1n) is 7.12. The number of rotatable bonds is 7. The number of alkyl halides is 2. The van der Waals surface area contributed by atoms with Gasteiger partial charge in [0, 0.05) is 11.6 Å². The third-order valence-corrected chi connectivity index (χ3v) is 3.01. The number of hydrogen-bond acceptors (Lipinski definition) is 4. The van der Waals surface area contributed by atoms with Crippen LogP contribution in [0.15, 0.2) is 54.6 Å². The van der Waals surface area contributed by atoms with Gasteiger partial charge in [-0.1, -0.05) is 12.1 Å². The summed E-state index contributed by atoms with van der Waals surface area (Å²) in [5.41, 5.74) is 0.654. The van der Waals surface area contributed by atoms with E-state index in [1.807, 2.05) is 0 Å². The highest BCUT2D eigenvalue weighted by Crippen LogP contribution is 2.15. The van der Waals surface area contributed by atoms with Crippen molar-refractivity contribution >= 4 is 17.8 Å². The molecule has 0 spiro atoms. The second-order valence-electron chi connectivity index (χ2n) is 4.82. The lowest BCUT2D eigenvalue weighted by molar-refractivity contribution is -0.136. The van der Waals surface area contributed by atoms with Gasteiger partial charge in [-0.15, -0.1) is 0 Å². The molecule has 0 fully saturated rings. The van der Waals surface area contributed by atoms with Crippen molar-refractivity contribution in [3.63, 3.8) is 0 Å². The van der Waals surface area contributed by atoms with Crippen molar-refractivity contribution in [1.82, 2.24) is 0 Å². The van der Waals surface area contributed by atoms with Crippen molar-refractivity contribution < 1.29 is 32.2 Å². The third-order valence-electron chi connectivity index (χ3n) is 3.01. The van der Waals surface area contributed by atoms with Crippen LogP contribution in [0.1, 0.15) is 15.9 Å². The van der Waals surface area contributed by atoms with Crippen LogP contribution in [-0.2, 0) is 9.53 Å². The zero-order valence-electron chi connectivity index (χ0n) is 12.8. The molecule has 7 heteroatoms. The molecule has 2 rings (SSSR count). The number of benzene rings is 2. The molecule has 0 unspecified atom stereocenters. The number of ketones is 1. The van der Waals surface area contributed by atoms with E-state index in [-0.39, 0.29) is 11.3 Å². The minimum Gasteiger partial charge on any atom is -0.454 e. The number of Topliss-reactive ketones (excluding diaryl/α,β-unsaturated/α-hetero) is 1. The van der Waals surface area contributed by atoms with Crippen molar-refractivity contribution in [3.05, 3.63) is 71.6 Å². The Morgan fingerprint density at radius 3 is 2.44 bits per heavy atom. The Balaban J connectivity index is 1.85. The molecule has 0 heterocycles. The first-order chi connectivity index (χ1) is 11.9. The van der Waals surface area contributed by atoms with Crippen LogP contribution in [-0.4, -0.2) is 25.0 Å². The number of esters is 1. The van der Waals surface area contributed by atoms with Crippen LogP contribution in [0.2, 0.25) is 0 Å². The summed E-state index contributed by atoms with van der Waals surface area (Å²) in [4.78, 5) is 23.4. The lowest BCUT2D eigenvalue weighted by atomic mass is 10.1. The van der Waals surface area contributed by atoms with Crippen LogP contribution < -0.4 is 4.74 Å². The Hall–Kier alpha value is -3.09. The van der Waals surface area contributed by atoms with Crippen molar-refractivity contribution in [3.8, 4) is 5.75 Å². The minimum absolute atomic E-state index is 0.0819. The summed E-state index contributed by atoms with van der Waals surface area (Å²) < 4.78 is 46.0. The minimum atomic E-state index is -2.95. The number of halogens is 3. The Labute approximate surface area is 141 Å². The zero-order chi connectivity index (χ0) is 18.2. The monoisotopic (exact) mass is 350 g/mol. The molecule has 0 saturated carbocycles. The molecule has 25 heavy (non-hydrogen) atoms. The molecule has 130 valence electrons. The van der Waals surface area contributed by atoms with Crippen LogP contribution >= 0.6 is 0 Å². The lowest BCUT2D eigenvalue weighted by Crippen LogP contribution is -2.12. The molecule has 0 N–H and O–H groups in total. The second kappa shape index (κ2) is 8.68. The molecule has 0 bridgehead atoms. The fourth-order valence-corrected chi connectivity index (χ4v) is 1.86. The normalized spacial score (nSPS) is 10.9. The van der Waals surface area contributed by atoms with E-state index in [9.17, 15) is 22.8 Å². The van der Waals surface area contributed by atoms with Crippen molar-refractivity contribution in [2.75, 3.05) is 6.61 Å². The fourth-order valence-electron chi connectivity index (χ4n) is 1.86. The van der Waals surface area contributed by atoms with Crippen molar-refractivity contribution in [1.29, 1.82) is 0 Å². The highest BCUT2D eigenvalue weighted by molar-refractivity contribution is 5.99. The van der Waals surface area contributed by atoms with E-state index in [1.54, 1.807) is 6.07 Å². The zero-order valence-corrected chi connectivity index (χ0v) is 12.8. The molecule has 0 atom stereocenters. The van der Waals surface area contributed by atoms with E-state index in [0.717, 1.165) is 6.08 Å². The van der Waals surface area contributed by atoms with Crippen LogP contribution in [0.4, 0.5) is 13.2 Å². The number of hydrogen-bond donors (Lipinski definition) is 0. The summed E-state index contributed by atoms with van der Waals surface area (Å²) in [5, 5.41) is 0. The quantitative estimate of drug-likeness (QED) is 0.432. The third kappa shape index (κ3) is 6.14. The molecule has 0 aromatic heterocycles. The molecule has 2 aromatic rings. The average Bonchev–Trinajstić information content (AvgIpc) is 2.58. The van der Waals surface area contributed by atoms with Gasteiger partial charge in [0.25, 0.3) is 0 Å². The highest BCUT2D eigenvalue weighted by Gasteiger charge is 2.10.